The quantitative estimate of drug-likeness (QED) is 0.613. The fourth-order valence-corrected chi connectivity index (χ4v) is 1.63. The van der Waals surface area contributed by atoms with Gasteiger partial charge in [-0.25, -0.2) is 9.82 Å². The molecule has 1 aromatic carbocycles. The predicted octanol–water partition coefficient (Wildman–Crippen LogP) is 2.17. The maximum Gasteiger partial charge on any atom is 0.123 e. The van der Waals surface area contributed by atoms with E-state index in [-0.39, 0.29) is 11.9 Å². The molecule has 0 aliphatic carbocycles. The molecule has 1 unspecified atom stereocenters. The van der Waals surface area contributed by atoms with E-state index in [9.17, 15) is 4.39 Å². The van der Waals surface area contributed by atoms with Gasteiger partial charge in [-0.2, -0.15) is 0 Å². The van der Waals surface area contributed by atoms with Gasteiger partial charge in [0.1, 0.15) is 11.6 Å². The van der Waals surface area contributed by atoms with Crippen molar-refractivity contribution in [1.29, 1.82) is 0 Å². The van der Waals surface area contributed by atoms with E-state index in [1.165, 1.54) is 12.1 Å². The number of hydrogen-bond acceptors (Lipinski definition) is 3. The minimum absolute atomic E-state index is 0.142. The predicted molar refractivity (Wildman–Crippen MR) is 58.9 cm³/mol. The number of benzene rings is 1. The first-order valence-corrected chi connectivity index (χ1v) is 5.03. The van der Waals surface area contributed by atoms with Crippen LogP contribution in [0.5, 0.6) is 0 Å². The number of hydrogen-bond donors (Lipinski definition) is 2. The van der Waals surface area contributed by atoms with Crippen molar-refractivity contribution >= 4 is 0 Å². The van der Waals surface area contributed by atoms with Gasteiger partial charge in [-0.05, 0) is 36.2 Å². The molecule has 0 amide bonds. The zero-order valence-corrected chi connectivity index (χ0v) is 8.69. The number of nitrogens with two attached hydrogens (primary N) is 1. The second kappa shape index (κ2) is 4.92. The third-order valence-corrected chi connectivity index (χ3v) is 2.42. The Balaban J connectivity index is 2.13. The highest BCUT2D eigenvalue weighted by Gasteiger charge is 2.13. The molecule has 0 aliphatic rings. The second-order valence-corrected chi connectivity index (χ2v) is 3.57. The topological polar surface area (TPSA) is 51.2 Å². The van der Waals surface area contributed by atoms with Crippen LogP contribution in [0, 0.1) is 5.82 Å². The molecule has 2 rings (SSSR count). The van der Waals surface area contributed by atoms with Crippen molar-refractivity contribution < 1.29 is 8.81 Å². The Hall–Kier alpha value is -1.65. The van der Waals surface area contributed by atoms with E-state index in [2.05, 4.69) is 5.43 Å². The largest absolute Gasteiger partial charge is 0.468 e. The molecule has 3 nitrogen and oxygen atoms in total. The van der Waals surface area contributed by atoms with Gasteiger partial charge in [-0.3, -0.25) is 5.84 Å². The minimum Gasteiger partial charge on any atom is -0.468 e. The molecule has 4 heteroatoms. The molecule has 0 saturated carbocycles. The van der Waals surface area contributed by atoms with E-state index in [1.807, 2.05) is 12.1 Å². The SMILES string of the molecule is NNC(Cc1cccc(F)c1)c1ccco1. The van der Waals surface area contributed by atoms with Crippen molar-refractivity contribution in [3.63, 3.8) is 0 Å². The van der Waals surface area contributed by atoms with Crippen molar-refractivity contribution in [2.45, 2.75) is 12.5 Å². The molecule has 16 heavy (non-hydrogen) atoms. The van der Waals surface area contributed by atoms with Gasteiger partial charge in [0.05, 0.1) is 12.3 Å². The molecule has 3 N–H and O–H groups in total. The van der Waals surface area contributed by atoms with Crippen molar-refractivity contribution in [3.05, 3.63) is 59.8 Å². The lowest BCUT2D eigenvalue weighted by Gasteiger charge is -2.13. The minimum atomic E-state index is -0.243. The summed E-state index contributed by atoms with van der Waals surface area (Å²) in [6.45, 7) is 0. The highest BCUT2D eigenvalue weighted by Crippen LogP contribution is 2.18. The fraction of sp³-hybridized carbons (Fsp3) is 0.167. The Labute approximate surface area is 93.0 Å². The van der Waals surface area contributed by atoms with E-state index in [0.717, 1.165) is 11.3 Å². The lowest BCUT2D eigenvalue weighted by molar-refractivity contribution is 0.415. The van der Waals surface area contributed by atoms with E-state index in [4.69, 9.17) is 10.3 Å². The second-order valence-electron chi connectivity index (χ2n) is 3.57. The maximum atomic E-state index is 13.0. The molecule has 0 saturated heterocycles. The average molecular weight is 220 g/mol. The number of rotatable bonds is 4. The molecule has 1 atom stereocenters. The average Bonchev–Trinajstić information content (AvgIpc) is 2.79. The van der Waals surface area contributed by atoms with Gasteiger partial charge < -0.3 is 4.42 Å². The Kier molecular flexibility index (Phi) is 3.34. The summed E-state index contributed by atoms with van der Waals surface area (Å²) in [6, 6.07) is 9.94. The van der Waals surface area contributed by atoms with Crippen LogP contribution in [0.15, 0.2) is 47.1 Å². The number of nitrogens with one attached hydrogen (secondary N) is 1. The van der Waals surface area contributed by atoms with Crippen molar-refractivity contribution in [2.75, 3.05) is 0 Å². The molecule has 84 valence electrons. The fourth-order valence-electron chi connectivity index (χ4n) is 1.63. The monoisotopic (exact) mass is 220 g/mol. The Morgan fingerprint density at radius 2 is 2.19 bits per heavy atom. The van der Waals surface area contributed by atoms with Crippen molar-refractivity contribution in [1.82, 2.24) is 5.43 Å². The zero-order chi connectivity index (χ0) is 11.4. The standard InChI is InChI=1S/C12H13FN2O/c13-10-4-1-3-9(7-10)8-11(15-14)12-5-2-6-16-12/h1-7,11,15H,8,14H2. The van der Waals surface area contributed by atoms with Crippen LogP contribution in [0.3, 0.4) is 0 Å². The molecule has 0 aliphatic heterocycles. The van der Waals surface area contributed by atoms with Crippen LogP contribution in [-0.4, -0.2) is 0 Å². The third-order valence-electron chi connectivity index (χ3n) is 2.42. The van der Waals surface area contributed by atoms with Crippen molar-refractivity contribution in [2.24, 2.45) is 5.84 Å². The summed E-state index contributed by atoms with van der Waals surface area (Å²) >= 11 is 0. The normalized spacial score (nSPS) is 12.6. The number of hydrazine groups is 1. The molecule has 2 aromatic rings. The molecule has 0 radical (unpaired) electrons. The summed E-state index contributed by atoms with van der Waals surface area (Å²) in [7, 11) is 0. The van der Waals surface area contributed by atoms with E-state index in [1.54, 1.807) is 18.4 Å². The molecular formula is C12H13FN2O. The van der Waals surface area contributed by atoms with Crippen LogP contribution in [0.4, 0.5) is 4.39 Å². The first-order valence-electron chi connectivity index (χ1n) is 5.03. The molecule has 0 bridgehead atoms. The van der Waals surface area contributed by atoms with Crippen LogP contribution in [0.25, 0.3) is 0 Å². The molecule has 0 fully saturated rings. The first-order chi connectivity index (χ1) is 7.79. The molecule has 1 heterocycles. The number of furan rings is 1. The lowest BCUT2D eigenvalue weighted by atomic mass is 10.0. The van der Waals surface area contributed by atoms with Crippen LogP contribution >= 0.6 is 0 Å². The van der Waals surface area contributed by atoms with Crippen LogP contribution < -0.4 is 11.3 Å². The van der Waals surface area contributed by atoms with Gasteiger partial charge >= 0.3 is 0 Å². The third kappa shape index (κ3) is 2.48. The first kappa shape index (κ1) is 10.9. The molecule has 1 aromatic heterocycles. The summed E-state index contributed by atoms with van der Waals surface area (Å²) in [5, 5.41) is 0. The summed E-state index contributed by atoms with van der Waals surface area (Å²) in [5.74, 6) is 5.95. The molecular weight excluding hydrogens is 207 g/mol. The lowest BCUT2D eigenvalue weighted by Crippen LogP contribution is -2.29. The Morgan fingerprint density at radius 3 is 2.81 bits per heavy atom. The van der Waals surface area contributed by atoms with Crippen molar-refractivity contribution in [3.8, 4) is 0 Å². The van der Waals surface area contributed by atoms with E-state index < -0.39 is 0 Å². The summed E-state index contributed by atoms with van der Waals surface area (Å²) < 4.78 is 18.2. The summed E-state index contributed by atoms with van der Waals surface area (Å²) in [4.78, 5) is 0. The van der Waals surface area contributed by atoms with Gasteiger partial charge in [0, 0.05) is 0 Å². The zero-order valence-electron chi connectivity index (χ0n) is 8.69. The van der Waals surface area contributed by atoms with Gasteiger partial charge in [-0.15, -0.1) is 0 Å². The van der Waals surface area contributed by atoms with Crippen LogP contribution in [0.1, 0.15) is 17.4 Å². The molecule has 0 spiro atoms. The Morgan fingerprint density at radius 1 is 1.31 bits per heavy atom. The highest BCUT2D eigenvalue weighted by molar-refractivity contribution is 5.19. The van der Waals surface area contributed by atoms with Crippen LogP contribution in [0.2, 0.25) is 0 Å². The van der Waals surface area contributed by atoms with Gasteiger partial charge in [-0.1, -0.05) is 12.1 Å². The number of halogens is 1. The van der Waals surface area contributed by atoms with Gasteiger partial charge in [0.2, 0.25) is 0 Å². The Bertz CT molecular complexity index is 442. The van der Waals surface area contributed by atoms with Gasteiger partial charge in [0.15, 0.2) is 0 Å². The van der Waals surface area contributed by atoms with Gasteiger partial charge in [0.25, 0.3) is 0 Å². The summed E-state index contributed by atoms with van der Waals surface area (Å²) in [6.07, 6.45) is 2.17. The maximum absolute atomic E-state index is 13.0. The van der Waals surface area contributed by atoms with Crippen LogP contribution in [-0.2, 0) is 6.42 Å². The smallest absolute Gasteiger partial charge is 0.123 e. The highest BCUT2D eigenvalue weighted by atomic mass is 19.1. The van der Waals surface area contributed by atoms with E-state index in [0.29, 0.717) is 6.42 Å². The van der Waals surface area contributed by atoms with E-state index >= 15 is 0 Å². The summed E-state index contributed by atoms with van der Waals surface area (Å²) in [5.41, 5.74) is 3.53.